The second-order valence-electron chi connectivity index (χ2n) is 4.03. The van der Waals surface area contributed by atoms with Crippen LogP contribution < -0.4 is 5.32 Å². The van der Waals surface area contributed by atoms with Crippen LogP contribution in [0.3, 0.4) is 0 Å². The molecule has 1 aliphatic heterocycles. The van der Waals surface area contributed by atoms with Crippen molar-refractivity contribution >= 4 is 0 Å². The lowest BCUT2D eigenvalue weighted by molar-refractivity contribution is -0.138. The Morgan fingerprint density at radius 1 is 1.44 bits per heavy atom. The summed E-state index contributed by atoms with van der Waals surface area (Å²) in [5.74, 6) is 0. The maximum atomic E-state index is 12.7. The summed E-state index contributed by atoms with van der Waals surface area (Å²) in [6, 6.07) is 1.20. The maximum Gasteiger partial charge on any atom is 0.416 e. The first kappa shape index (κ1) is 11.4. The minimum atomic E-state index is -4.28. The van der Waals surface area contributed by atoms with Gasteiger partial charge in [0.1, 0.15) is 0 Å². The van der Waals surface area contributed by atoms with Crippen molar-refractivity contribution < 1.29 is 13.2 Å². The Balaban J connectivity index is 2.19. The highest BCUT2D eigenvalue weighted by atomic mass is 19.4. The summed E-state index contributed by atoms with van der Waals surface area (Å²) >= 11 is 0. The smallest absolute Gasteiger partial charge is 0.314 e. The highest BCUT2D eigenvalue weighted by Crippen LogP contribution is 2.32. The second kappa shape index (κ2) is 4.41. The molecule has 0 spiro atoms. The quantitative estimate of drug-likeness (QED) is 0.843. The van der Waals surface area contributed by atoms with Gasteiger partial charge in [-0.2, -0.15) is 13.2 Å². The van der Waals surface area contributed by atoms with E-state index in [4.69, 9.17) is 0 Å². The Labute approximate surface area is 91.9 Å². The van der Waals surface area contributed by atoms with E-state index in [0.29, 0.717) is 6.42 Å². The molecule has 16 heavy (non-hydrogen) atoms. The number of halogens is 3. The van der Waals surface area contributed by atoms with E-state index in [9.17, 15) is 13.2 Å². The zero-order valence-corrected chi connectivity index (χ0v) is 8.72. The second-order valence-corrected chi connectivity index (χ2v) is 4.03. The van der Waals surface area contributed by atoms with Crippen LogP contribution in [-0.2, 0) is 12.6 Å². The molecular weight excluding hydrogens is 217 g/mol. The molecule has 2 heterocycles. The number of hydrogen-bond donors (Lipinski definition) is 1. The molecular formula is C11H13F3N2. The molecule has 0 amide bonds. The minimum Gasteiger partial charge on any atom is -0.314 e. The van der Waals surface area contributed by atoms with Gasteiger partial charge in [0.15, 0.2) is 0 Å². The van der Waals surface area contributed by atoms with Crippen LogP contribution in [0.4, 0.5) is 13.2 Å². The topological polar surface area (TPSA) is 24.9 Å². The summed E-state index contributed by atoms with van der Waals surface area (Å²) in [7, 11) is 0. The predicted octanol–water partition coefficient (Wildman–Crippen LogP) is 2.39. The zero-order chi connectivity index (χ0) is 11.6. The van der Waals surface area contributed by atoms with Crippen molar-refractivity contribution in [2.45, 2.75) is 31.5 Å². The number of pyridine rings is 1. The lowest BCUT2D eigenvalue weighted by atomic mass is 10.0. The van der Waals surface area contributed by atoms with Crippen LogP contribution in [0.25, 0.3) is 0 Å². The largest absolute Gasteiger partial charge is 0.416 e. The van der Waals surface area contributed by atoms with Gasteiger partial charge in [-0.25, -0.2) is 0 Å². The van der Waals surface area contributed by atoms with E-state index in [1.165, 1.54) is 12.4 Å². The fourth-order valence-electron chi connectivity index (χ4n) is 2.06. The number of rotatable bonds is 2. The van der Waals surface area contributed by atoms with Gasteiger partial charge in [-0.05, 0) is 37.4 Å². The van der Waals surface area contributed by atoms with E-state index >= 15 is 0 Å². The van der Waals surface area contributed by atoms with E-state index in [2.05, 4.69) is 10.3 Å². The summed E-state index contributed by atoms with van der Waals surface area (Å²) in [5.41, 5.74) is -0.273. The Bertz CT molecular complexity index is 356. The summed E-state index contributed by atoms with van der Waals surface area (Å²) < 4.78 is 38.0. The lowest BCUT2D eigenvalue weighted by Gasteiger charge is -2.15. The van der Waals surface area contributed by atoms with Crippen LogP contribution in [0.5, 0.6) is 0 Å². The fourth-order valence-corrected chi connectivity index (χ4v) is 2.06. The van der Waals surface area contributed by atoms with Gasteiger partial charge in [-0.1, -0.05) is 0 Å². The minimum absolute atomic E-state index is 0.158. The predicted molar refractivity (Wildman–Crippen MR) is 54.0 cm³/mol. The molecule has 1 unspecified atom stereocenters. The number of nitrogens with one attached hydrogen (secondary N) is 1. The van der Waals surface area contributed by atoms with E-state index in [-0.39, 0.29) is 11.6 Å². The molecule has 2 nitrogen and oxygen atoms in total. The SMILES string of the molecule is FC(F)(F)c1ccncc1CC1CCCN1. The van der Waals surface area contributed by atoms with Crippen molar-refractivity contribution in [2.24, 2.45) is 0 Å². The van der Waals surface area contributed by atoms with Crippen LogP contribution >= 0.6 is 0 Å². The molecule has 5 heteroatoms. The van der Waals surface area contributed by atoms with E-state index in [1.54, 1.807) is 0 Å². The first-order chi connectivity index (χ1) is 7.57. The van der Waals surface area contributed by atoms with Gasteiger partial charge in [0, 0.05) is 18.4 Å². The van der Waals surface area contributed by atoms with Crippen LogP contribution in [0, 0.1) is 0 Å². The van der Waals surface area contributed by atoms with Crippen molar-refractivity contribution in [3.63, 3.8) is 0 Å². The summed E-state index contributed by atoms with van der Waals surface area (Å²) in [4.78, 5) is 3.77. The molecule has 1 atom stereocenters. The first-order valence-electron chi connectivity index (χ1n) is 5.31. The monoisotopic (exact) mass is 230 g/mol. The number of nitrogens with zero attached hydrogens (tertiary/aromatic N) is 1. The van der Waals surface area contributed by atoms with Crippen molar-refractivity contribution in [1.29, 1.82) is 0 Å². The standard InChI is InChI=1S/C11H13F3N2/c12-11(13,14)10-3-5-15-7-8(10)6-9-2-1-4-16-9/h3,5,7,9,16H,1-2,4,6H2. The highest BCUT2D eigenvalue weighted by molar-refractivity contribution is 5.27. The van der Waals surface area contributed by atoms with Crippen molar-refractivity contribution in [3.8, 4) is 0 Å². The molecule has 88 valence electrons. The third-order valence-corrected chi connectivity index (χ3v) is 2.84. The molecule has 1 N–H and O–H groups in total. The van der Waals surface area contributed by atoms with Crippen molar-refractivity contribution in [1.82, 2.24) is 10.3 Å². The molecule has 0 aromatic carbocycles. The van der Waals surface area contributed by atoms with Gasteiger partial charge < -0.3 is 5.32 Å². The highest BCUT2D eigenvalue weighted by Gasteiger charge is 2.33. The third-order valence-electron chi connectivity index (χ3n) is 2.84. The third kappa shape index (κ3) is 2.52. The van der Waals surface area contributed by atoms with E-state index in [1.807, 2.05) is 0 Å². The summed E-state index contributed by atoms with van der Waals surface area (Å²) in [6.45, 7) is 0.895. The first-order valence-corrected chi connectivity index (χ1v) is 5.31. The molecule has 1 saturated heterocycles. The molecule has 1 fully saturated rings. The van der Waals surface area contributed by atoms with Crippen molar-refractivity contribution in [2.75, 3.05) is 6.54 Å². The molecule has 0 bridgehead atoms. The molecule has 0 saturated carbocycles. The van der Waals surface area contributed by atoms with Gasteiger partial charge in [0.05, 0.1) is 5.56 Å². The lowest BCUT2D eigenvalue weighted by Crippen LogP contribution is -2.25. The van der Waals surface area contributed by atoms with Gasteiger partial charge in [0.25, 0.3) is 0 Å². The number of alkyl halides is 3. The normalized spacial score (nSPS) is 21.3. The summed E-state index contributed by atoms with van der Waals surface area (Å²) in [5, 5.41) is 3.19. The Kier molecular flexibility index (Phi) is 3.14. The molecule has 0 radical (unpaired) electrons. The number of hydrogen-bond acceptors (Lipinski definition) is 2. The maximum absolute atomic E-state index is 12.7. The molecule has 1 aromatic heterocycles. The van der Waals surface area contributed by atoms with E-state index < -0.39 is 11.7 Å². The number of aromatic nitrogens is 1. The van der Waals surface area contributed by atoms with Crippen LogP contribution in [0.15, 0.2) is 18.5 Å². The average Bonchev–Trinajstić information content (AvgIpc) is 2.70. The van der Waals surface area contributed by atoms with Crippen molar-refractivity contribution in [3.05, 3.63) is 29.6 Å². The average molecular weight is 230 g/mol. The zero-order valence-electron chi connectivity index (χ0n) is 8.72. The van der Waals surface area contributed by atoms with Gasteiger partial charge in [-0.3, -0.25) is 4.98 Å². The van der Waals surface area contributed by atoms with Gasteiger partial charge >= 0.3 is 6.18 Å². The van der Waals surface area contributed by atoms with E-state index in [0.717, 1.165) is 25.5 Å². The Hall–Kier alpha value is -1.10. The molecule has 1 aromatic rings. The van der Waals surface area contributed by atoms with Gasteiger partial charge in [0.2, 0.25) is 0 Å². The van der Waals surface area contributed by atoms with Crippen LogP contribution in [0.1, 0.15) is 24.0 Å². The summed E-state index contributed by atoms with van der Waals surface area (Å²) in [6.07, 6.45) is 0.606. The Morgan fingerprint density at radius 3 is 2.88 bits per heavy atom. The Morgan fingerprint density at radius 2 is 2.25 bits per heavy atom. The van der Waals surface area contributed by atoms with Gasteiger partial charge in [-0.15, -0.1) is 0 Å². The fraction of sp³-hybridized carbons (Fsp3) is 0.545. The molecule has 0 aliphatic carbocycles. The molecule has 1 aliphatic rings. The van der Waals surface area contributed by atoms with Crippen LogP contribution in [0.2, 0.25) is 0 Å². The van der Waals surface area contributed by atoms with Crippen LogP contribution in [-0.4, -0.2) is 17.6 Å². The molecule has 2 rings (SSSR count).